The Balaban J connectivity index is 1.94. The molecule has 13 heavy (non-hydrogen) atoms. The largest absolute Gasteiger partial charge is 0.481 e. The van der Waals surface area contributed by atoms with E-state index in [0.717, 1.165) is 19.4 Å². The van der Waals surface area contributed by atoms with E-state index in [9.17, 15) is 4.79 Å². The minimum absolute atomic E-state index is 0.181. The maximum Gasteiger partial charge on any atom is 0.308 e. The number of aliphatic carboxylic acids is 1. The molecule has 0 aromatic rings. The van der Waals surface area contributed by atoms with E-state index in [1.165, 1.54) is 0 Å². The Morgan fingerprint density at radius 1 is 1.31 bits per heavy atom. The fourth-order valence-corrected chi connectivity index (χ4v) is 2.44. The molecule has 0 amide bonds. The van der Waals surface area contributed by atoms with E-state index in [4.69, 9.17) is 10.2 Å². The standard InChI is InChI=1S/C9H15NO3/c11-6-1-5(2-6)7-3-10-4-8(7)9(12)13/h5-8,10-11H,1-4H2,(H,12,13)/t5?,6?,7-,8+/m0/s1. The van der Waals surface area contributed by atoms with Crippen molar-refractivity contribution in [1.29, 1.82) is 0 Å². The molecule has 1 aliphatic carbocycles. The summed E-state index contributed by atoms with van der Waals surface area (Å²) in [6.07, 6.45) is 1.40. The van der Waals surface area contributed by atoms with Crippen molar-refractivity contribution in [3.63, 3.8) is 0 Å². The fourth-order valence-electron chi connectivity index (χ4n) is 2.44. The van der Waals surface area contributed by atoms with Crippen molar-refractivity contribution < 1.29 is 15.0 Å². The Bertz CT molecular complexity index is 213. The van der Waals surface area contributed by atoms with E-state index >= 15 is 0 Å². The molecule has 1 saturated carbocycles. The van der Waals surface area contributed by atoms with Crippen LogP contribution in [0.15, 0.2) is 0 Å². The average Bonchev–Trinajstić information content (AvgIpc) is 2.45. The molecule has 1 aliphatic heterocycles. The quantitative estimate of drug-likeness (QED) is 0.551. The van der Waals surface area contributed by atoms with Crippen LogP contribution in [-0.2, 0) is 4.79 Å². The normalized spacial score (nSPS) is 44.4. The number of aliphatic hydroxyl groups excluding tert-OH is 1. The molecule has 1 heterocycles. The van der Waals surface area contributed by atoms with Crippen LogP contribution in [0.4, 0.5) is 0 Å². The van der Waals surface area contributed by atoms with E-state index in [2.05, 4.69) is 5.32 Å². The second-order valence-electron chi connectivity index (χ2n) is 4.15. The SMILES string of the molecule is O=C(O)[C@@H]1CNC[C@H]1C1CC(O)C1. The van der Waals surface area contributed by atoms with Crippen LogP contribution in [0.2, 0.25) is 0 Å². The zero-order valence-corrected chi connectivity index (χ0v) is 7.44. The van der Waals surface area contributed by atoms with Crippen molar-refractivity contribution in [3.05, 3.63) is 0 Å². The van der Waals surface area contributed by atoms with Crippen LogP contribution in [0.3, 0.4) is 0 Å². The zero-order chi connectivity index (χ0) is 9.42. The number of carboxylic acid groups (broad SMARTS) is 1. The molecule has 2 aliphatic rings. The predicted molar refractivity (Wildman–Crippen MR) is 46.2 cm³/mol. The van der Waals surface area contributed by atoms with Gasteiger partial charge in [-0.15, -0.1) is 0 Å². The number of hydrogen-bond acceptors (Lipinski definition) is 3. The Hall–Kier alpha value is -0.610. The monoisotopic (exact) mass is 185 g/mol. The number of hydrogen-bond donors (Lipinski definition) is 3. The highest BCUT2D eigenvalue weighted by Crippen LogP contribution is 2.39. The predicted octanol–water partition coefficient (Wildman–Crippen LogP) is -0.323. The minimum Gasteiger partial charge on any atom is -0.481 e. The molecule has 0 spiro atoms. The van der Waals surface area contributed by atoms with Crippen LogP contribution in [-0.4, -0.2) is 35.4 Å². The van der Waals surface area contributed by atoms with Gasteiger partial charge in [-0.25, -0.2) is 0 Å². The molecule has 4 heteroatoms. The van der Waals surface area contributed by atoms with Gasteiger partial charge in [0.25, 0.3) is 0 Å². The molecule has 3 N–H and O–H groups in total. The first kappa shape index (κ1) is 8.97. The van der Waals surface area contributed by atoms with Crippen LogP contribution in [0.5, 0.6) is 0 Å². The van der Waals surface area contributed by atoms with Gasteiger partial charge in [0, 0.05) is 6.54 Å². The minimum atomic E-state index is -0.698. The van der Waals surface area contributed by atoms with Crippen molar-refractivity contribution in [1.82, 2.24) is 5.32 Å². The van der Waals surface area contributed by atoms with Crippen LogP contribution >= 0.6 is 0 Å². The molecular weight excluding hydrogens is 170 g/mol. The summed E-state index contributed by atoms with van der Waals surface area (Å²) in [6, 6.07) is 0. The molecule has 2 rings (SSSR count). The van der Waals surface area contributed by atoms with Crippen molar-refractivity contribution in [2.45, 2.75) is 18.9 Å². The van der Waals surface area contributed by atoms with Gasteiger partial charge in [0.1, 0.15) is 0 Å². The Morgan fingerprint density at radius 3 is 2.54 bits per heavy atom. The van der Waals surface area contributed by atoms with Crippen LogP contribution in [0, 0.1) is 17.8 Å². The summed E-state index contributed by atoms with van der Waals surface area (Å²) in [7, 11) is 0. The van der Waals surface area contributed by atoms with Gasteiger partial charge in [0.15, 0.2) is 0 Å². The molecule has 0 bridgehead atoms. The van der Waals surface area contributed by atoms with E-state index in [-0.39, 0.29) is 17.9 Å². The van der Waals surface area contributed by atoms with Gasteiger partial charge in [-0.2, -0.15) is 0 Å². The molecule has 74 valence electrons. The smallest absolute Gasteiger partial charge is 0.308 e. The third-order valence-electron chi connectivity index (χ3n) is 3.33. The van der Waals surface area contributed by atoms with E-state index in [0.29, 0.717) is 12.5 Å². The first-order valence-corrected chi connectivity index (χ1v) is 4.80. The number of aliphatic hydroxyl groups is 1. The Labute approximate surface area is 76.9 Å². The van der Waals surface area contributed by atoms with Crippen molar-refractivity contribution in [2.75, 3.05) is 13.1 Å². The first-order chi connectivity index (χ1) is 6.18. The number of carbonyl (C=O) groups is 1. The lowest BCUT2D eigenvalue weighted by Crippen LogP contribution is -2.39. The molecule has 0 aromatic heterocycles. The van der Waals surface area contributed by atoms with Gasteiger partial charge in [-0.3, -0.25) is 4.79 Å². The first-order valence-electron chi connectivity index (χ1n) is 4.80. The van der Waals surface area contributed by atoms with Gasteiger partial charge < -0.3 is 15.5 Å². The number of nitrogens with one attached hydrogen (secondary N) is 1. The van der Waals surface area contributed by atoms with Crippen molar-refractivity contribution >= 4 is 5.97 Å². The lowest BCUT2D eigenvalue weighted by molar-refractivity contribution is -0.144. The second kappa shape index (κ2) is 3.27. The maximum atomic E-state index is 10.8. The summed E-state index contributed by atoms with van der Waals surface area (Å²) in [4.78, 5) is 10.8. The third-order valence-corrected chi connectivity index (χ3v) is 3.33. The van der Waals surface area contributed by atoms with Gasteiger partial charge in [-0.05, 0) is 31.2 Å². The third kappa shape index (κ3) is 1.56. The molecule has 4 nitrogen and oxygen atoms in total. The van der Waals surface area contributed by atoms with Crippen LogP contribution < -0.4 is 5.32 Å². The summed E-state index contributed by atoms with van der Waals surface area (Å²) in [6.45, 7) is 1.39. The average molecular weight is 185 g/mol. The number of carboxylic acids is 1. The summed E-state index contributed by atoms with van der Waals surface area (Å²) >= 11 is 0. The molecular formula is C9H15NO3. The summed E-state index contributed by atoms with van der Waals surface area (Å²) in [5.41, 5.74) is 0. The maximum absolute atomic E-state index is 10.8. The highest BCUT2D eigenvalue weighted by Gasteiger charge is 2.42. The molecule has 2 fully saturated rings. The Kier molecular flexibility index (Phi) is 2.26. The van der Waals surface area contributed by atoms with Crippen molar-refractivity contribution in [3.8, 4) is 0 Å². The van der Waals surface area contributed by atoms with E-state index in [1.54, 1.807) is 0 Å². The number of rotatable bonds is 2. The van der Waals surface area contributed by atoms with E-state index < -0.39 is 5.97 Å². The lowest BCUT2D eigenvalue weighted by Gasteiger charge is -2.37. The van der Waals surface area contributed by atoms with Crippen LogP contribution in [0.1, 0.15) is 12.8 Å². The van der Waals surface area contributed by atoms with Gasteiger partial charge in [-0.1, -0.05) is 0 Å². The van der Waals surface area contributed by atoms with Gasteiger partial charge in [0.05, 0.1) is 12.0 Å². The Morgan fingerprint density at radius 2 is 2.00 bits per heavy atom. The molecule has 1 saturated heterocycles. The highest BCUT2D eigenvalue weighted by atomic mass is 16.4. The summed E-state index contributed by atoms with van der Waals surface area (Å²) < 4.78 is 0. The second-order valence-corrected chi connectivity index (χ2v) is 4.15. The van der Waals surface area contributed by atoms with Crippen LogP contribution in [0.25, 0.3) is 0 Å². The van der Waals surface area contributed by atoms with Gasteiger partial charge in [0.2, 0.25) is 0 Å². The molecule has 0 radical (unpaired) electrons. The topological polar surface area (TPSA) is 69.6 Å². The van der Waals surface area contributed by atoms with Crippen molar-refractivity contribution in [2.24, 2.45) is 17.8 Å². The molecule has 2 atom stereocenters. The molecule has 0 aromatic carbocycles. The summed E-state index contributed by atoms with van der Waals surface area (Å²) in [5.74, 6) is -0.277. The molecule has 0 unspecified atom stereocenters. The lowest BCUT2D eigenvalue weighted by atomic mass is 9.70. The zero-order valence-electron chi connectivity index (χ0n) is 7.44. The summed E-state index contributed by atoms with van der Waals surface area (Å²) in [5, 5.41) is 21.2. The van der Waals surface area contributed by atoms with Gasteiger partial charge >= 0.3 is 5.97 Å². The van der Waals surface area contributed by atoms with E-state index in [1.807, 2.05) is 0 Å². The fraction of sp³-hybridized carbons (Fsp3) is 0.889. The highest BCUT2D eigenvalue weighted by molar-refractivity contribution is 5.71.